The van der Waals surface area contributed by atoms with Gasteiger partial charge in [-0.1, -0.05) is 31.8 Å². The molecule has 0 aromatic carbocycles. The Kier molecular flexibility index (Phi) is 7.87. The van der Waals surface area contributed by atoms with Gasteiger partial charge >= 0.3 is 0 Å². The van der Waals surface area contributed by atoms with Gasteiger partial charge in [0.15, 0.2) is 11.8 Å². The van der Waals surface area contributed by atoms with E-state index in [4.69, 9.17) is 9.26 Å². The zero-order chi connectivity index (χ0) is 19.0. The summed E-state index contributed by atoms with van der Waals surface area (Å²) in [5.41, 5.74) is 0.399. The monoisotopic (exact) mass is 365 g/mol. The smallest absolute Gasteiger partial charge is 0.246 e. The van der Waals surface area contributed by atoms with Crippen LogP contribution in [0.25, 0.3) is 0 Å². The average Bonchev–Trinajstić information content (AvgIpc) is 3.25. The molecular weight excluding hydrogens is 330 g/mol. The van der Waals surface area contributed by atoms with E-state index in [-0.39, 0.29) is 6.10 Å². The number of rotatable bonds is 9. The van der Waals surface area contributed by atoms with Crippen molar-refractivity contribution in [3.05, 3.63) is 11.7 Å². The molecule has 0 aliphatic heterocycles. The van der Waals surface area contributed by atoms with Crippen molar-refractivity contribution in [2.24, 2.45) is 16.3 Å². The molecule has 0 spiro atoms. The summed E-state index contributed by atoms with van der Waals surface area (Å²) in [5.74, 6) is 2.60. The topological polar surface area (TPSA) is 84.6 Å². The maximum atomic E-state index is 5.48. The lowest BCUT2D eigenvalue weighted by Gasteiger charge is -2.31. The van der Waals surface area contributed by atoms with Crippen LogP contribution in [0.4, 0.5) is 0 Å². The van der Waals surface area contributed by atoms with Crippen LogP contribution in [0.3, 0.4) is 0 Å². The van der Waals surface area contributed by atoms with Gasteiger partial charge in [0.05, 0.1) is 6.54 Å². The highest BCUT2D eigenvalue weighted by Gasteiger charge is 2.34. The van der Waals surface area contributed by atoms with Crippen LogP contribution in [-0.4, -0.2) is 36.3 Å². The first kappa shape index (κ1) is 20.7. The number of aromatic nitrogens is 2. The number of ether oxygens (including phenoxy) is 1. The fourth-order valence-corrected chi connectivity index (χ4v) is 3.92. The van der Waals surface area contributed by atoms with Crippen molar-refractivity contribution in [3.8, 4) is 0 Å². The Morgan fingerprint density at radius 1 is 1.27 bits per heavy atom. The van der Waals surface area contributed by atoms with Gasteiger partial charge in [-0.2, -0.15) is 4.98 Å². The molecule has 7 heteroatoms. The van der Waals surface area contributed by atoms with Crippen molar-refractivity contribution >= 4 is 5.96 Å². The maximum Gasteiger partial charge on any atom is 0.246 e. The van der Waals surface area contributed by atoms with Crippen LogP contribution in [0.2, 0.25) is 0 Å². The van der Waals surface area contributed by atoms with Crippen LogP contribution in [0.15, 0.2) is 9.52 Å². The first-order chi connectivity index (χ1) is 12.5. The van der Waals surface area contributed by atoms with Crippen molar-refractivity contribution in [3.63, 3.8) is 0 Å². The predicted molar refractivity (Wildman–Crippen MR) is 103 cm³/mol. The summed E-state index contributed by atoms with van der Waals surface area (Å²) in [6, 6.07) is 0. The van der Waals surface area contributed by atoms with E-state index in [0.717, 1.165) is 12.5 Å². The lowest BCUT2D eigenvalue weighted by atomic mass is 9.78. The van der Waals surface area contributed by atoms with E-state index in [1.165, 1.54) is 32.1 Å². The molecule has 148 valence electrons. The van der Waals surface area contributed by atoms with Crippen LogP contribution >= 0.6 is 0 Å². The zero-order valence-electron chi connectivity index (χ0n) is 17.0. The van der Waals surface area contributed by atoms with Gasteiger partial charge in [-0.3, -0.25) is 4.99 Å². The molecule has 1 saturated carbocycles. The molecule has 1 heterocycles. The molecule has 1 fully saturated rings. The molecule has 0 amide bonds. The van der Waals surface area contributed by atoms with Gasteiger partial charge in [-0.25, -0.2) is 0 Å². The molecule has 0 radical (unpaired) electrons. The molecule has 1 aromatic rings. The van der Waals surface area contributed by atoms with Gasteiger partial charge in [0.2, 0.25) is 5.89 Å². The summed E-state index contributed by atoms with van der Waals surface area (Å²) in [4.78, 5) is 8.70. The quantitative estimate of drug-likeness (QED) is 0.515. The Balaban J connectivity index is 1.84. The zero-order valence-corrected chi connectivity index (χ0v) is 17.0. The van der Waals surface area contributed by atoms with E-state index >= 15 is 0 Å². The van der Waals surface area contributed by atoms with E-state index in [0.29, 0.717) is 36.2 Å². The number of nitrogens with zero attached hydrogens (tertiary/aromatic N) is 3. The van der Waals surface area contributed by atoms with Gasteiger partial charge in [-0.15, -0.1) is 0 Å². The molecule has 1 aliphatic carbocycles. The average molecular weight is 366 g/mol. The van der Waals surface area contributed by atoms with Gasteiger partial charge < -0.3 is 19.9 Å². The van der Waals surface area contributed by atoms with Crippen molar-refractivity contribution in [1.29, 1.82) is 0 Å². The molecule has 7 nitrogen and oxygen atoms in total. The number of hydrogen-bond acceptors (Lipinski definition) is 5. The summed E-state index contributed by atoms with van der Waals surface area (Å²) in [5, 5.41) is 10.7. The number of aliphatic imine (C=N–C) groups is 1. The van der Waals surface area contributed by atoms with Gasteiger partial charge in [0.1, 0.15) is 6.10 Å². The summed E-state index contributed by atoms with van der Waals surface area (Å²) < 4.78 is 10.8. The van der Waals surface area contributed by atoms with Crippen molar-refractivity contribution < 1.29 is 9.26 Å². The molecule has 1 aromatic heterocycles. The van der Waals surface area contributed by atoms with E-state index in [1.807, 2.05) is 13.8 Å². The Morgan fingerprint density at radius 3 is 2.62 bits per heavy atom. The lowest BCUT2D eigenvalue weighted by molar-refractivity contribution is 0.0683. The highest BCUT2D eigenvalue weighted by Crippen LogP contribution is 2.42. The minimum Gasteiger partial charge on any atom is -0.371 e. The maximum absolute atomic E-state index is 5.48. The van der Waals surface area contributed by atoms with Crippen molar-refractivity contribution in [1.82, 2.24) is 20.8 Å². The van der Waals surface area contributed by atoms with Crippen LogP contribution < -0.4 is 10.6 Å². The van der Waals surface area contributed by atoms with E-state index in [1.54, 1.807) is 7.05 Å². The normalized spacial score (nSPS) is 18.3. The fraction of sp³-hybridized carbons (Fsp3) is 0.842. The van der Waals surface area contributed by atoms with Gasteiger partial charge in [0, 0.05) is 20.2 Å². The number of guanidine groups is 1. The molecule has 26 heavy (non-hydrogen) atoms. The van der Waals surface area contributed by atoms with Crippen LogP contribution in [-0.2, 0) is 11.3 Å². The van der Waals surface area contributed by atoms with E-state index in [9.17, 15) is 0 Å². The minimum atomic E-state index is -0.159. The van der Waals surface area contributed by atoms with Crippen molar-refractivity contribution in [2.75, 3.05) is 20.2 Å². The Morgan fingerprint density at radius 2 is 2.00 bits per heavy atom. The third-order valence-corrected chi connectivity index (χ3v) is 5.03. The molecule has 1 aliphatic rings. The van der Waals surface area contributed by atoms with Gasteiger partial charge in [0.25, 0.3) is 0 Å². The molecule has 2 N–H and O–H groups in total. The Labute approximate surface area is 157 Å². The molecule has 2 rings (SSSR count). The Bertz CT molecular complexity index is 564. The molecule has 0 bridgehead atoms. The third-order valence-electron chi connectivity index (χ3n) is 5.03. The summed E-state index contributed by atoms with van der Waals surface area (Å²) in [6.45, 7) is 10.5. The second-order valence-electron chi connectivity index (χ2n) is 7.73. The standard InChI is InChI=1S/C19H35N5O2/c1-6-25-15(4)17-23-16(26-24-17)12-21-18(20-5)22-13-19(11-14(2)3)9-7-8-10-19/h14-15H,6-13H2,1-5H3,(H2,20,21,22). The number of hydrogen-bond donors (Lipinski definition) is 2. The number of nitrogens with one attached hydrogen (secondary N) is 2. The van der Waals surface area contributed by atoms with Crippen LogP contribution in [0, 0.1) is 11.3 Å². The van der Waals surface area contributed by atoms with E-state index in [2.05, 4.69) is 39.6 Å². The third kappa shape index (κ3) is 5.97. The lowest BCUT2D eigenvalue weighted by Crippen LogP contribution is -2.43. The molecular formula is C19H35N5O2. The van der Waals surface area contributed by atoms with Crippen molar-refractivity contribution in [2.45, 2.75) is 72.4 Å². The minimum absolute atomic E-state index is 0.159. The predicted octanol–water partition coefficient (Wildman–Crippen LogP) is 3.44. The van der Waals surface area contributed by atoms with E-state index < -0.39 is 0 Å². The van der Waals surface area contributed by atoms with Gasteiger partial charge in [-0.05, 0) is 44.4 Å². The highest BCUT2D eigenvalue weighted by molar-refractivity contribution is 5.79. The largest absolute Gasteiger partial charge is 0.371 e. The highest BCUT2D eigenvalue weighted by atomic mass is 16.5. The first-order valence-electron chi connectivity index (χ1n) is 9.86. The second-order valence-corrected chi connectivity index (χ2v) is 7.73. The first-order valence-corrected chi connectivity index (χ1v) is 9.86. The summed E-state index contributed by atoms with van der Waals surface area (Å²) >= 11 is 0. The molecule has 1 unspecified atom stereocenters. The summed E-state index contributed by atoms with van der Waals surface area (Å²) in [7, 11) is 1.79. The Hall–Kier alpha value is -1.63. The molecule has 0 saturated heterocycles. The second kappa shape index (κ2) is 9.90. The molecule has 1 atom stereocenters. The fourth-order valence-electron chi connectivity index (χ4n) is 3.92. The summed E-state index contributed by atoms with van der Waals surface area (Å²) in [6.07, 6.45) is 6.38. The SMILES string of the molecule is CCOC(C)c1noc(CNC(=NC)NCC2(CC(C)C)CCCC2)n1. The van der Waals surface area contributed by atoms with Crippen LogP contribution in [0.5, 0.6) is 0 Å². The van der Waals surface area contributed by atoms with Crippen LogP contribution in [0.1, 0.15) is 77.6 Å².